The first-order valence-electron chi connectivity index (χ1n) is 10.3. The molecule has 1 unspecified atom stereocenters. The van der Waals surface area contributed by atoms with Crippen LogP contribution in [-0.4, -0.2) is 26.9 Å². The van der Waals surface area contributed by atoms with Gasteiger partial charge in [-0.1, -0.05) is 71.5 Å². The molecule has 168 valence electrons. The van der Waals surface area contributed by atoms with Gasteiger partial charge in [-0.3, -0.25) is 14.5 Å². The van der Waals surface area contributed by atoms with Gasteiger partial charge in [0.05, 0.1) is 21.8 Å². The van der Waals surface area contributed by atoms with Gasteiger partial charge >= 0.3 is 0 Å². The van der Waals surface area contributed by atoms with Gasteiger partial charge in [-0.05, 0) is 47.5 Å². The Morgan fingerprint density at radius 1 is 1.03 bits per heavy atom. The molecule has 1 aromatic heterocycles. The Hall–Kier alpha value is -3.94. The number of thiazole rings is 1. The molecule has 0 saturated carbocycles. The first-order valence-corrected chi connectivity index (χ1v) is 11.5. The van der Waals surface area contributed by atoms with Crippen molar-refractivity contribution in [2.24, 2.45) is 0 Å². The maximum absolute atomic E-state index is 13.3. The standard InChI is InChI=1S/C26H17ClN2O4S/c27-17-9-12-19-21(14-17)34-26(28-19)29-23(16-7-10-18(30)11-8-16)22(24(32)25(29)33)20(31)13-6-15-4-2-1-3-5-15/h1-14,23,30,32H/b13-6+. The third kappa shape index (κ3) is 3.96. The molecule has 4 aromatic rings. The Kier molecular flexibility index (Phi) is 5.65. The van der Waals surface area contributed by atoms with Crippen molar-refractivity contribution in [1.82, 2.24) is 4.98 Å². The summed E-state index contributed by atoms with van der Waals surface area (Å²) in [5.41, 5.74) is 1.94. The van der Waals surface area contributed by atoms with E-state index >= 15 is 0 Å². The summed E-state index contributed by atoms with van der Waals surface area (Å²) in [5.74, 6) is -1.81. The number of benzene rings is 3. The lowest BCUT2D eigenvalue weighted by Crippen LogP contribution is -2.30. The second kappa shape index (κ2) is 8.78. The van der Waals surface area contributed by atoms with Crippen LogP contribution in [-0.2, 0) is 9.59 Å². The van der Waals surface area contributed by atoms with Crippen LogP contribution in [0, 0.1) is 0 Å². The third-order valence-electron chi connectivity index (χ3n) is 5.45. The van der Waals surface area contributed by atoms with Crippen LogP contribution in [0.2, 0.25) is 5.02 Å². The van der Waals surface area contributed by atoms with E-state index in [0.717, 1.165) is 10.3 Å². The van der Waals surface area contributed by atoms with E-state index in [4.69, 9.17) is 11.6 Å². The monoisotopic (exact) mass is 488 g/mol. The number of anilines is 1. The van der Waals surface area contributed by atoms with Crippen LogP contribution in [0.4, 0.5) is 5.13 Å². The number of carbonyl (C=O) groups is 2. The minimum absolute atomic E-state index is 0.0410. The van der Waals surface area contributed by atoms with E-state index in [9.17, 15) is 19.8 Å². The summed E-state index contributed by atoms with van der Waals surface area (Å²) >= 11 is 7.34. The number of carbonyl (C=O) groups excluding carboxylic acids is 2. The van der Waals surface area contributed by atoms with Crippen LogP contribution in [0.3, 0.4) is 0 Å². The van der Waals surface area contributed by atoms with Crippen LogP contribution >= 0.6 is 22.9 Å². The van der Waals surface area contributed by atoms with E-state index in [0.29, 0.717) is 21.2 Å². The predicted octanol–water partition coefficient (Wildman–Crippen LogP) is 5.84. The number of phenolic OH excluding ortho intramolecular Hbond substituents is 1. The number of hydrogen-bond acceptors (Lipinski definition) is 6. The summed E-state index contributed by atoms with van der Waals surface area (Å²) < 4.78 is 0.767. The number of aliphatic hydroxyl groups is 1. The van der Waals surface area contributed by atoms with Crippen molar-refractivity contribution in [3.8, 4) is 5.75 Å². The van der Waals surface area contributed by atoms with Crippen molar-refractivity contribution in [1.29, 1.82) is 0 Å². The summed E-state index contributed by atoms with van der Waals surface area (Å²) in [7, 11) is 0. The fourth-order valence-electron chi connectivity index (χ4n) is 3.84. The molecule has 1 aliphatic rings. The molecule has 0 saturated heterocycles. The maximum Gasteiger partial charge on any atom is 0.296 e. The maximum atomic E-state index is 13.3. The van der Waals surface area contributed by atoms with Gasteiger partial charge in [-0.2, -0.15) is 0 Å². The number of hydrogen-bond donors (Lipinski definition) is 2. The van der Waals surface area contributed by atoms with Crippen LogP contribution < -0.4 is 4.90 Å². The molecule has 1 aliphatic heterocycles. The lowest BCUT2D eigenvalue weighted by Gasteiger charge is -2.24. The molecule has 0 spiro atoms. The Bertz CT molecular complexity index is 1480. The quantitative estimate of drug-likeness (QED) is 0.344. The first-order chi connectivity index (χ1) is 16.4. The molecule has 0 bridgehead atoms. The zero-order valence-corrected chi connectivity index (χ0v) is 19.1. The Balaban J connectivity index is 1.60. The number of aromatic hydroxyl groups is 1. The summed E-state index contributed by atoms with van der Waals surface area (Å²) in [6, 6.07) is 19.7. The van der Waals surface area contributed by atoms with Crippen molar-refractivity contribution in [3.05, 3.63) is 106 Å². The van der Waals surface area contributed by atoms with Crippen molar-refractivity contribution >= 4 is 56.1 Å². The molecular weight excluding hydrogens is 472 g/mol. The van der Waals surface area contributed by atoms with Gasteiger partial charge in [0, 0.05) is 5.02 Å². The minimum Gasteiger partial charge on any atom is -0.508 e. The fraction of sp³-hybridized carbons (Fsp3) is 0.0385. The largest absolute Gasteiger partial charge is 0.508 e. The average Bonchev–Trinajstić information content (AvgIpc) is 3.36. The molecular formula is C26H17ClN2O4S. The molecule has 0 aliphatic carbocycles. The molecule has 34 heavy (non-hydrogen) atoms. The second-order valence-electron chi connectivity index (χ2n) is 7.65. The van der Waals surface area contributed by atoms with Crippen LogP contribution in [0.25, 0.3) is 16.3 Å². The fourth-order valence-corrected chi connectivity index (χ4v) is 5.11. The number of halogens is 1. The summed E-state index contributed by atoms with van der Waals surface area (Å²) in [4.78, 5) is 32.3. The van der Waals surface area contributed by atoms with Gasteiger partial charge in [-0.25, -0.2) is 4.98 Å². The minimum atomic E-state index is -0.919. The van der Waals surface area contributed by atoms with Crippen LogP contribution in [0.15, 0.2) is 90.2 Å². The summed E-state index contributed by atoms with van der Waals surface area (Å²) in [6.45, 7) is 0. The predicted molar refractivity (Wildman–Crippen MR) is 133 cm³/mol. The lowest BCUT2D eigenvalue weighted by molar-refractivity contribution is -0.117. The highest BCUT2D eigenvalue weighted by Crippen LogP contribution is 2.44. The number of aromatic nitrogens is 1. The number of amides is 1. The molecule has 5 rings (SSSR count). The molecule has 6 nitrogen and oxygen atoms in total. The van der Waals surface area contributed by atoms with Crippen molar-refractivity contribution in [3.63, 3.8) is 0 Å². The van der Waals surface area contributed by atoms with Gasteiger partial charge in [-0.15, -0.1) is 0 Å². The van der Waals surface area contributed by atoms with Crippen LogP contribution in [0.5, 0.6) is 5.75 Å². The Labute approximate surface area is 203 Å². The highest BCUT2D eigenvalue weighted by Gasteiger charge is 2.45. The van der Waals surface area contributed by atoms with Gasteiger partial charge in [0.25, 0.3) is 5.91 Å². The smallest absolute Gasteiger partial charge is 0.296 e. The molecule has 0 radical (unpaired) electrons. The normalized spacial score (nSPS) is 16.2. The molecule has 0 fully saturated rings. The number of nitrogens with zero attached hydrogens (tertiary/aromatic N) is 2. The van der Waals surface area contributed by atoms with Gasteiger partial charge < -0.3 is 10.2 Å². The molecule has 1 atom stereocenters. The summed E-state index contributed by atoms with van der Waals surface area (Å²) in [5, 5.41) is 21.4. The number of ketones is 1. The highest BCUT2D eigenvalue weighted by atomic mass is 35.5. The van der Waals surface area contributed by atoms with E-state index in [-0.39, 0.29) is 11.3 Å². The van der Waals surface area contributed by atoms with Gasteiger partial charge in [0.1, 0.15) is 5.75 Å². The number of allylic oxidation sites excluding steroid dienone is 1. The number of aliphatic hydroxyl groups excluding tert-OH is 1. The second-order valence-corrected chi connectivity index (χ2v) is 9.09. The number of fused-ring (bicyclic) bond motifs is 1. The number of phenols is 1. The van der Waals surface area contributed by atoms with E-state index < -0.39 is 23.5 Å². The number of rotatable bonds is 5. The van der Waals surface area contributed by atoms with Gasteiger partial charge in [0.2, 0.25) is 0 Å². The molecule has 2 heterocycles. The van der Waals surface area contributed by atoms with E-state index in [1.807, 2.05) is 30.3 Å². The zero-order chi connectivity index (χ0) is 23.8. The lowest BCUT2D eigenvalue weighted by atomic mass is 9.95. The van der Waals surface area contributed by atoms with E-state index in [1.54, 1.807) is 36.4 Å². The van der Waals surface area contributed by atoms with Crippen LogP contribution in [0.1, 0.15) is 17.2 Å². The third-order valence-corrected chi connectivity index (χ3v) is 6.71. The molecule has 8 heteroatoms. The van der Waals surface area contributed by atoms with E-state index in [1.165, 1.54) is 34.4 Å². The van der Waals surface area contributed by atoms with E-state index in [2.05, 4.69) is 4.98 Å². The molecule has 2 N–H and O–H groups in total. The first kappa shape index (κ1) is 21.9. The van der Waals surface area contributed by atoms with Crippen molar-refractivity contribution in [2.45, 2.75) is 6.04 Å². The highest BCUT2D eigenvalue weighted by molar-refractivity contribution is 7.22. The molecule has 1 amide bonds. The average molecular weight is 489 g/mol. The van der Waals surface area contributed by atoms with Crippen molar-refractivity contribution < 1.29 is 19.8 Å². The Morgan fingerprint density at radius 3 is 2.50 bits per heavy atom. The molecule has 3 aromatic carbocycles. The summed E-state index contributed by atoms with van der Waals surface area (Å²) in [6.07, 6.45) is 2.96. The zero-order valence-electron chi connectivity index (χ0n) is 17.6. The van der Waals surface area contributed by atoms with Gasteiger partial charge in [0.15, 0.2) is 16.7 Å². The Morgan fingerprint density at radius 2 is 1.76 bits per heavy atom. The topological polar surface area (TPSA) is 90.7 Å². The SMILES string of the molecule is O=C(/C=C/c1ccccc1)C1=C(O)C(=O)N(c2nc3ccc(Cl)cc3s2)C1c1ccc(O)cc1. The van der Waals surface area contributed by atoms with Crippen molar-refractivity contribution in [2.75, 3.05) is 4.90 Å².